The van der Waals surface area contributed by atoms with Crippen LogP contribution >= 0.6 is 0 Å². The molecule has 0 fully saturated rings. The van der Waals surface area contributed by atoms with Crippen LogP contribution in [0, 0.1) is 0 Å². The molecule has 0 spiro atoms. The van der Waals surface area contributed by atoms with Crippen LogP contribution in [-0.2, 0) is 24.2 Å². The first kappa shape index (κ1) is 13.7. The number of amides is 1. The molecular formula is C12H21N3O2. The van der Waals surface area contributed by atoms with Crippen LogP contribution in [-0.4, -0.2) is 17.6 Å². The molecule has 3 N–H and O–H groups in total. The summed E-state index contributed by atoms with van der Waals surface area (Å²) in [6.45, 7) is 5.08. The Morgan fingerprint density at radius 1 is 1.41 bits per heavy atom. The molecule has 0 aliphatic heterocycles. The van der Waals surface area contributed by atoms with Crippen LogP contribution in [0.5, 0.6) is 0 Å². The van der Waals surface area contributed by atoms with E-state index in [0.29, 0.717) is 19.5 Å². The van der Waals surface area contributed by atoms with Crippen molar-refractivity contribution in [3.05, 3.63) is 17.0 Å². The molecule has 0 saturated heterocycles. The molecule has 96 valence electrons. The maximum Gasteiger partial charge on any atom is 0.220 e. The first-order valence-electron chi connectivity index (χ1n) is 6.15. The van der Waals surface area contributed by atoms with Gasteiger partial charge in [-0.1, -0.05) is 19.0 Å². The second-order valence-corrected chi connectivity index (χ2v) is 3.91. The molecule has 1 amide bonds. The summed E-state index contributed by atoms with van der Waals surface area (Å²) in [4.78, 5) is 11.5. The van der Waals surface area contributed by atoms with Crippen LogP contribution in [0.25, 0.3) is 0 Å². The first-order chi connectivity index (χ1) is 8.22. The van der Waals surface area contributed by atoms with Gasteiger partial charge in [0.1, 0.15) is 5.76 Å². The standard InChI is InChI=1S/C12H21N3O2/c1-3-10-9(11(4-2)17-15-10)8-14-12(16)6-5-7-13/h3-8,13H2,1-2H3,(H,14,16). The number of nitrogens with zero attached hydrogens (tertiary/aromatic N) is 1. The maximum atomic E-state index is 11.5. The Kier molecular flexibility index (Phi) is 5.69. The molecule has 0 aliphatic carbocycles. The summed E-state index contributed by atoms with van der Waals surface area (Å²) in [6.07, 6.45) is 2.81. The van der Waals surface area contributed by atoms with E-state index in [9.17, 15) is 4.79 Å². The second kappa shape index (κ2) is 7.06. The molecule has 0 aromatic carbocycles. The molecule has 1 rings (SSSR count). The zero-order valence-corrected chi connectivity index (χ0v) is 10.6. The van der Waals surface area contributed by atoms with Crippen molar-refractivity contribution in [2.75, 3.05) is 6.54 Å². The van der Waals surface area contributed by atoms with Gasteiger partial charge in [-0.3, -0.25) is 4.79 Å². The highest BCUT2D eigenvalue weighted by Crippen LogP contribution is 2.15. The van der Waals surface area contributed by atoms with Crippen LogP contribution in [0.3, 0.4) is 0 Å². The van der Waals surface area contributed by atoms with Crippen molar-refractivity contribution in [2.24, 2.45) is 5.73 Å². The van der Waals surface area contributed by atoms with E-state index in [1.165, 1.54) is 0 Å². The molecular weight excluding hydrogens is 218 g/mol. The number of nitrogens with one attached hydrogen (secondary N) is 1. The van der Waals surface area contributed by atoms with E-state index in [2.05, 4.69) is 10.5 Å². The summed E-state index contributed by atoms with van der Waals surface area (Å²) < 4.78 is 5.23. The highest BCUT2D eigenvalue weighted by atomic mass is 16.5. The quantitative estimate of drug-likeness (QED) is 0.748. The Balaban J connectivity index is 2.55. The topological polar surface area (TPSA) is 81.2 Å². The molecule has 0 atom stereocenters. The largest absolute Gasteiger partial charge is 0.361 e. The number of aryl methyl sites for hydroxylation is 2. The SMILES string of the molecule is CCc1noc(CC)c1CNC(=O)CCCN. The lowest BCUT2D eigenvalue weighted by atomic mass is 10.1. The lowest BCUT2D eigenvalue weighted by Gasteiger charge is -2.05. The number of hydrogen-bond acceptors (Lipinski definition) is 4. The summed E-state index contributed by atoms with van der Waals surface area (Å²) >= 11 is 0. The highest BCUT2D eigenvalue weighted by Gasteiger charge is 2.13. The fourth-order valence-electron chi connectivity index (χ4n) is 1.68. The number of hydrogen-bond donors (Lipinski definition) is 2. The molecule has 0 saturated carbocycles. The molecule has 1 heterocycles. The van der Waals surface area contributed by atoms with E-state index < -0.39 is 0 Å². The lowest BCUT2D eigenvalue weighted by Crippen LogP contribution is -2.24. The van der Waals surface area contributed by atoms with E-state index in [1.807, 2.05) is 13.8 Å². The predicted molar refractivity (Wildman–Crippen MR) is 65.4 cm³/mol. The van der Waals surface area contributed by atoms with Gasteiger partial charge >= 0.3 is 0 Å². The number of nitrogens with two attached hydrogens (primary N) is 1. The third-order valence-electron chi connectivity index (χ3n) is 2.68. The van der Waals surface area contributed by atoms with Gasteiger partial charge in [-0.25, -0.2) is 0 Å². The van der Waals surface area contributed by atoms with Crippen molar-refractivity contribution in [3.63, 3.8) is 0 Å². The Morgan fingerprint density at radius 3 is 2.76 bits per heavy atom. The molecule has 0 aliphatic rings. The molecule has 0 radical (unpaired) electrons. The van der Waals surface area contributed by atoms with Gasteiger partial charge in [0.2, 0.25) is 5.91 Å². The Morgan fingerprint density at radius 2 is 2.18 bits per heavy atom. The van der Waals surface area contributed by atoms with Crippen molar-refractivity contribution in [1.29, 1.82) is 0 Å². The van der Waals surface area contributed by atoms with Gasteiger partial charge in [-0.05, 0) is 19.4 Å². The van der Waals surface area contributed by atoms with Crippen molar-refractivity contribution in [3.8, 4) is 0 Å². The van der Waals surface area contributed by atoms with Crippen molar-refractivity contribution < 1.29 is 9.32 Å². The molecule has 0 bridgehead atoms. The molecule has 5 nitrogen and oxygen atoms in total. The normalized spacial score (nSPS) is 10.5. The zero-order valence-electron chi connectivity index (χ0n) is 10.6. The van der Waals surface area contributed by atoms with E-state index in [-0.39, 0.29) is 5.91 Å². The zero-order chi connectivity index (χ0) is 12.7. The van der Waals surface area contributed by atoms with Crippen LogP contribution < -0.4 is 11.1 Å². The Hall–Kier alpha value is -1.36. The predicted octanol–water partition coefficient (Wildman–Crippen LogP) is 1.15. The number of carbonyl (C=O) groups is 1. The number of carbonyl (C=O) groups excluding carboxylic acids is 1. The fourth-order valence-corrected chi connectivity index (χ4v) is 1.68. The Labute approximate surface area is 102 Å². The van der Waals surface area contributed by atoms with Crippen molar-refractivity contribution >= 4 is 5.91 Å². The smallest absolute Gasteiger partial charge is 0.220 e. The fraction of sp³-hybridized carbons (Fsp3) is 0.667. The monoisotopic (exact) mass is 239 g/mol. The van der Waals surface area contributed by atoms with E-state index in [1.54, 1.807) is 0 Å². The third kappa shape index (κ3) is 3.85. The summed E-state index contributed by atoms with van der Waals surface area (Å²) in [5.74, 6) is 0.890. The van der Waals surface area contributed by atoms with E-state index in [4.69, 9.17) is 10.3 Å². The van der Waals surface area contributed by atoms with Gasteiger partial charge in [-0.15, -0.1) is 0 Å². The van der Waals surface area contributed by atoms with Gasteiger partial charge in [0.15, 0.2) is 0 Å². The lowest BCUT2D eigenvalue weighted by molar-refractivity contribution is -0.121. The summed E-state index contributed by atoms with van der Waals surface area (Å²) in [5, 5.41) is 6.87. The van der Waals surface area contributed by atoms with Crippen molar-refractivity contribution in [1.82, 2.24) is 10.5 Å². The van der Waals surface area contributed by atoms with Gasteiger partial charge < -0.3 is 15.6 Å². The Bertz CT molecular complexity index is 339. The summed E-state index contributed by atoms with van der Waals surface area (Å²) in [7, 11) is 0. The van der Waals surface area contributed by atoms with Gasteiger partial charge in [0.05, 0.1) is 5.69 Å². The third-order valence-corrected chi connectivity index (χ3v) is 2.68. The minimum atomic E-state index is 0.0285. The van der Waals surface area contributed by atoms with Gasteiger partial charge in [0.25, 0.3) is 0 Å². The van der Waals surface area contributed by atoms with Crippen molar-refractivity contribution in [2.45, 2.75) is 46.1 Å². The molecule has 1 aromatic heterocycles. The minimum Gasteiger partial charge on any atom is -0.361 e. The molecule has 5 heteroatoms. The maximum absolute atomic E-state index is 11.5. The summed E-state index contributed by atoms with van der Waals surface area (Å²) in [6, 6.07) is 0. The number of aromatic nitrogens is 1. The van der Waals surface area contributed by atoms with E-state index >= 15 is 0 Å². The average Bonchev–Trinajstić information content (AvgIpc) is 2.75. The average molecular weight is 239 g/mol. The van der Waals surface area contributed by atoms with Gasteiger partial charge in [0, 0.05) is 24.9 Å². The van der Waals surface area contributed by atoms with Crippen LogP contribution in [0.4, 0.5) is 0 Å². The molecule has 1 aromatic rings. The summed E-state index contributed by atoms with van der Waals surface area (Å²) in [5.41, 5.74) is 7.31. The van der Waals surface area contributed by atoms with Crippen LogP contribution in [0.2, 0.25) is 0 Å². The first-order valence-corrected chi connectivity index (χ1v) is 6.15. The minimum absolute atomic E-state index is 0.0285. The number of rotatable bonds is 7. The highest BCUT2D eigenvalue weighted by molar-refractivity contribution is 5.75. The second-order valence-electron chi connectivity index (χ2n) is 3.91. The van der Waals surface area contributed by atoms with Crippen LogP contribution in [0.1, 0.15) is 43.7 Å². The van der Waals surface area contributed by atoms with Gasteiger partial charge in [-0.2, -0.15) is 0 Å². The van der Waals surface area contributed by atoms with E-state index in [0.717, 1.165) is 36.3 Å². The molecule has 17 heavy (non-hydrogen) atoms. The van der Waals surface area contributed by atoms with Crippen LogP contribution in [0.15, 0.2) is 4.52 Å². The molecule has 0 unspecified atom stereocenters.